The van der Waals surface area contributed by atoms with Crippen LogP contribution in [0.15, 0.2) is 35.8 Å². The van der Waals surface area contributed by atoms with Gasteiger partial charge in [-0.1, -0.05) is 35.6 Å². The summed E-state index contributed by atoms with van der Waals surface area (Å²) in [5, 5.41) is 1.46. The minimum atomic E-state index is -0.433. The highest BCUT2D eigenvalue weighted by atomic mass is 32.1. The minimum absolute atomic E-state index is 0.105. The Balaban J connectivity index is 2.13. The van der Waals surface area contributed by atoms with E-state index in [0.29, 0.717) is 17.1 Å². The molecule has 1 aromatic heterocycles. The van der Waals surface area contributed by atoms with E-state index >= 15 is 0 Å². The topological polar surface area (TPSA) is 56.5 Å². The van der Waals surface area contributed by atoms with Gasteiger partial charge in [-0.2, -0.15) is 4.57 Å². The number of rotatable bonds is 5. The van der Waals surface area contributed by atoms with Crippen molar-refractivity contribution < 1.29 is 23.6 Å². The molecule has 0 aliphatic carbocycles. The molecule has 0 bridgehead atoms. The maximum Gasteiger partial charge on any atom is 0.308 e. The lowest BCUT2D eigenvalue weighted by Gasteiger charge is -2.14. The third-order valence-electron chi connectivity index (χ3n) is 4.33. The van der Waals surface area contributed by atoms with Crippen LogP contribution >= 0.6 is 11.3 Å². The highest BCUT2D eigenvalue weighted by Crippen LogP contribution is 2.37. The predicted molar refractivity (Wildman–Crippen MR) is 100 cm³/mol. The molecule has 2 aromatic carbocycles. The molecule has 0 N–H and O–H groups in total. The van der Waals surface area contributed by atoms with Crippen molar-refractivity contribution in [3.8, 4) is 11.5 Å². The standard InChI is InChI=1S/C20H20NO4S/c1-12-13(2)26-11-21(12)10-18(23)17-9-19(25-14(3)22)15-7-5-6-8-16(15)20(17)24-4/h5-9,11H,10H2,1-4H3/q+1. The van der Waals surface area contributed by atoms with Crippen LogP contribution in [0.5, 0.6) is 11.5 Å². The third kappa shape index (κ3) is 3.32. The number of nitrogens with zero attached hydrogens (tertiary/aromatic N) is 1. The van der Waals surface area contributed by atoms with Crippen LogP contribution in [0, 0.1) is 13.8 Å². The molecule has 5 nitrogen and oxygen atoms in total. The Hall–Kier alpha value is -2.73. The van der Waals surface area contributed by atoms with Gasteiger partial charge in [-0.25, -0.2) is 0 Å². The summed E-state index contributed by atoms with van der Waals surface area (Å²) in [5.74, 6) is 0.316. The molecule has 0 amide bonds. The third-order valence-corrected chi connectivity index (χ3v) is 5.34. The molecule has 0 saturated carbocycles. The van der Waals surface area contributed by atoms with Crippen molar-refractivity contribution >= 4 is 33.9 Å². The number of methoxy groups -OCH3 is 1. The maximum atomic E-state index is 13.0. The number of esters is 1. The number of carbonyl (C=O) groups excluding carboxylic acids is 2. The molecule has 0 saturated heterocycles. The smallest absolute Gasteiger partial charge is 0.308 e. The van der Waals surface area contributed by atoms with Crippen molar-refractivity contribution in [1.29, 1.82) is 0 Å². The molecule has 3 rings (SSSR count). The lowest BCUT2D eigenvalue weighted by atomic mass is 10.0. The van der Waals surface area contributed by atoms with E-state index in [2.05, 4.69) is 0 Å². The normalized spacial score (nSPS) is 10.8. The second kappa shape index (κ2) is 7.25. The van der Waals surface area contributed by atoms with E-state index in [1.165, 1.54) is 18.9 Å². The lowest BCUT2D eigenvalue weighted by molar-refractivity contribution is -0.684. The molecule has 0 fully saturated rings. The molecule has 26 heavy (non-hydrogen) atoms. The van der Waals surface area contributed by atoms with E-state index in [-0.39, 0.29) is 12.3 Å². The predicted octanol–water partition coefficient (Wildman–Crippen LogP) is 3.62. The van der Waals surface area contributed by atoms with Crippen LogP contribution < -0.4 is 14.0 Å². The van der Waals surface area contributed by atoms with Gasteiger partial charge >= 0.3 is 5.97 Å². The molecule has 0 atom stereocenters. The van der Waals surface area contributed by atoms with Gasteiger partial charge in [0.05, 0.1) is 17.6 Å². The van der Waals surface area contributed by atoms with E-state index in [9.17, 15) is 9.59 Å². The average Bonchev–Trinajstić information content (AvgIpc) is 2.93. The molecule has 0 aliphatic rings. The first-order chi connectivity index (χ1) is 12.4. The zero-order valence-corrected chi connectivity index (χ0v) is 16.0. The number of benzene rings is 2. The van der Waals surface area contributed by atoms with Crippen LogP contribution in [-0.4, -0.2) is 18.9 Å². The highest BCUT2D eigenvalue weighted by Gasteiger charge is 2.24. The van der Waals surface area contributed by atoms with Crippen molar-refractivity contribution in [3.05, 3.63) is 52.0 Å². The van der Waals surface area contributed by atoms with E-state index in [4.69, 9.17) is 9.47 Å². The molecule has 6 heteroatoms. The van der Waals surface area contributed by atoms with Crippen molar-refractivity contribution in [3.63, 3.8) is 0 Å². The average molecular weight is 370 g/mol. The molecule has 134 valence electrons. The van der Waals surface area contributed by atoms with Gasteiger partial charge in [0.25, 0.3) is 0 Å². The summed E-state index contributed by atoms with van der Waals surface area (Å²) in [4.78, 5) is 25.7. The van der Waals surface area contributed by atoms with Crippen molar-refractivity contribution in [2.45, 2.75) is 27.3 Å². The van der Waals surface area contributed by atoms with Crippen molar-refractivity contribution in [2.24, 2.45) is 0 Å². The fourth-order valence-electron chi connectivity index (χ4n) is 2.89. The number of ether oxygens (including phenoxy) is 2. The molecular formula is C20H20NO4S+. The van der Waals surface area contributed by atoms with Gasteiger partial charge in [-0.3, -0.25) is 9.59 Å². The Kier molecular flexibility index (Phi) is 5.04. The fourth-order valence-corrected chi connectivity index (χ4v) is 3.69. The van der Waals surface area contributed by atoms with E-state index in [0.717, 1.165) is 16.5 Å². The molecular weight excluding hydrogens is 350 g/mol. The first-order valence-electron chi connectivity index (χ1n) is 8.17. The number of aryl methyl sites for hydroxylation is 1. The van der Waals surface area contributed by atoms with E-state index in [1.807, 2.05) is 48.2 Å². The van der Waals surface area contributed by atoms with E-state index in [1.54, 1.807) is 17.4 Å². The largest absolute Gasteiger partial charge is 0.495 e. The van der Waals surface area contributed by atoms with Crippen LogP contribution in [-0.2, 0) is 11.3 Å². The van der Waals surface area contributed by atoms with Gasteiger partial charge < -0.3 is 9.47 Å². The van der Waals surface area contributed by atoms with Crippen LogP contribution in [0.25, 0.3) is 10.8 Å². The van der Waals surface area contributed by atoms with Gasteiger partial charge in [0.1, 0.15) is 11.5 Å². The molecule has 0 radical (unpaired) electrons. The summed E-state index contributed by atoms with van der Waals surface area (Å²) in [6.45, 7) is 5.55. The summed E-state index contributed by atoms with van der Waals surface area (Å²) in [6, 6.07) is 9.00. The summed E-state index contributed by atoms with van der Waals surface area (Å²) < 4.78 is 12.8. The fraction of sp³-hybridized carbons (Fsp3) is 0.250. The van der Waals surface area contributed by atoms with Crippen LogP contribution in [0.4, 0.5) is 0 Å². The lowest BCUT2D eigenvalue weighted by Crippen LogP contribution is -2.38. The quantitative estimate of drug-likeness (QED) is 0.298. The first kappa shape index (κ1) is 18.1. The molecule has 1 heterocycles. The minimum Gasteiger partial charge on any atom is -0.495 e. The van der Waals surface area contributed by atoms with E-state index < -0.39 is 5.97 Å². The number of fused-ring (bicyclic) bond motifs is 1. The number of hydrogen-bond acceptors (Lipinski definition) is 5. The number of hydrogen-bond donors (Lipinski definition) is 0. The summed E-state index contributed by atoms with van der Waals surface area (Å²) in [6.07, 6.45) is 0. The second-order valence-corrected chi connectivity index (χ2v) is 7.07. The zero-order chi connectivity index (χ0) is 18.8. The SMILES string of the molecule is COc1c(C(=O)C[n+]2csc(C)c2C)cc(OC(C)=O)c2ccccc12. The van der Waals surface area contributed by atoms with Crippen molar-refractivity contribution in [2.75, 3.05) is 7.11 Å². The Bertz CT molecular complexity index is 1010. The molecule has 0 spiro atoms. The van der Waals surface area contributed by atoms with Crippen molar-refractivity contribution in [1.82, 2.24) is 0 Å². The van der Waals surface area contributed by atoms with Crippen LogP contribution in [0.3, 0.4) is 0 Å². The number of aromatic nitrogens is 1. The molecule has 0 aliphatic heterocycles. The summed E-state index contributed by atoms with van der Waals surface area (Å²) in [7, 11) is 1.54. The Morgan fingerprint density at radius 3 is 2.42 bits per heavy atom. The maximum absolute atomic E-state index is 13.0. The Morgan fingerprint density at radius 1 is 1.15 bits per heavy atom. The number of Topliss-reactive ketones (excluding diaryl/α,β-unsaturated/α-hetero) is 1. The van der Waals surface area contributed by atoms with Gasteiger partial charge in [0.2, 0.25) is 17.8 Å². The second-order valence-electron chi connectivity index (χ2n) is 6.01. The van der Waals surface area contributed by atoms with Gasteiger partial charge in [-0.05, 0) is 13.0 Å². The highest BCUT2D eigenvalue weighted by molar-refractivity contribution is 7.09. The zero-order valence-electron chi connectivity index (χ0n) is 15.2. The molecule has 0 unspecified atom stereocenters. The monoisotopic (exact) mass is 370 g/mol. The Labute approximate surface area is 155 Å². The molecule has 3 aromatic rings. The Morgan fingerprint density at radius 2 is 1.85 bits per heavy atom. The van der Waals surface area contributed by atoms with Gasteiger partial charge in [0, 0.05) is 24.6 Å². The summed E-state index contributed by atoms with van der Waals surface area (Å²) >= 11 is 1.60. The first-order valence-corrected chi connectivity index (χ1v) is 9.05. The number of thiazole rings is 1. The van der Waals surface area contributed by atoms with Gasteiger partial charge in [-0.15, -0.1) is 0 Å². The van der Waals surface area contributed by atoms with Crippen LogP contribution in [0.2, 0.25) is 0 Å². The number of ketones is 1. The van der Waals surface area contributed by atoms with Gasteiger partial charge in [0.15, 0.2) is 5.69 Å². The summed E-state index contributed by atoms with van der Waals surface area (Å²) in [5.41, 5.74) is 3.39. The number of carbonyl (C=O) groups is 2. The van der Waals surface area contributed by atoms with Crippen LogP contribution in [0.1, 0.15) is 27.9 Å².